The lowest BCUT2D eigenvalue weighted by atomic mass is 9.99. The van der Waals surface area contributed by atoms with E-state index in [0.717, 1.165) is 57.4 Å². The quantitative estimate of drug-likeness (QED) is 0.508. The number of benzene rings is 2. The predicted octanol–water partition coefficient (Wildman–Crippen LogP) is 4.64. The summed E-state index contributed by atoms with van der Waals surface area (Å²) in [7, 11) is 0. The van der Waals surface area contributed by atoms with Crippen molar-refractivity contribution in [2.75, 3.05) is 31.1 Å². The van der Waals surface area contributed by atoms with E-state index in [1.807, 2.05) is 35.2 Å². The summed E-state index contributed by atoms with van der Waals surface area (Å²) < 4.78 is 0. The van der Waals surface area contributed by atoms with Crippen molar-refractivity contribution in [2.45, 2.75) is 64.1 Å². The summed E-state index contributed by atoms with van der Waals surface area (Å²) in [4.78, 5) is 46.8. The second kappa shape index (κ2) is 10.4. The maximum absolute atomic E-state index is 13.5. The zero-order valence-electron chi connectivity index (χ0n) is 21.3. The standard InChI is InChI=1S/C29H36N4O3/c1-3-9-24-20-32(22-10-5-4-6-11-22)29(36)33(24)23-15-17-30(18-16-23)21(2)14-19-31-27(34)25-12-7-8-13-26(25)28(31)35/h4-8,10-13,21,23-24H,3,9,14-20H2,1-2H3. The molecule has 2 aromatic carbocycles. The van der Waals surface area contributed by atoms with Gasteiger partial charge in [-0.1, -0.05) is 43.7 Å². The molecule has 2 unspecified atom stereocenters. The maximum Gasteiger partial charge on any atom is 0.325 e. The van der Waals surface area contributed by atoms with Gasteiger partial charge in [-0.25, -0.2) is 4.79 Å². The molecule has 5 rings (SSSR count). The molecule has 7 heteroatoms. The van der Waals surface area contributed by atoms with E-state index in [1.54, 1.807) is 24.3 Å². The molecular weight excluding hydrogens is 452 g/mol. The number of hydrogen-bond donors (Lipinski definition) is 0. The molecule has 190 valence electrons. The van der Waals surface area contributed by atoms with E-state index in [9.17, 15) is 14.4 Å². The van der Waals surface area contributed by atoms with Crippen molar-refractivity contribution < 1.29 is 14.4 Å². The third-order valence-electron chi connectivity index (χ3n) is 8.09. The lowest BCUT2D eigenvalue weighted by molar-refractivity contribution is 0.0616. The van der Waals surface area contributed by atoms with Gasteiger partial charge in [-0.2, -0.15) is 0 Å². The number of hydrogen-bond acceptors (Lipinski definition) is 4. The summed E-state index contributed by atoms with van der Waals surface area (Å²) >= 11 is 0. The molecule has 2 saturated heterocycles. The van der Waals surface area contributed by atoms with Crippen LogP contribution in [-0.4, -0.2) is 76.8 Å². The highest BCUT2D eigenvalue weighted by Gasteiger charge is 2.42. The van der Waals surface area contributed by atoms with E-state index < -0.39 is 0 Å². The van der Waals surface area contributed by atoms with Gasteiger partial charge in [0, 0.05) is 44.0 Å². The minimum Gasteiger partial charge on any atom is -0.316 e. The molecule has 3 aliphatic rings. The normalized spacial score (nSPS) is 22.0. The minimum atomic E-state index is -0.181. The molecular formula is C29H36N4O3. The molecule has 3 heterocycles. The van der Waals surface area contributed by atoms with Gasteiger partial charge in [0.25, 0.3) is 11.8 Å². The fourth-order valence-electron chi connectivity index (χ4n) is 6.06. The van der Waals surface area contributed by atoms with Crippen LogP contribution in [0.5, 0.6) is 0 Å². The molecule has 3 aliphatic heterocycles. The van der Waals surface area contributed by atoms with Crippen LogP contribution in [0, 0.1) is 0 Å². The molecule has 36 heavy (non-hydrogen) atoms. The van der Waals surface area contributed by atoms with Crippen molar-refractivity contribution in [3.63, 3.8) is 0 Å². The Morgan fingerprint density at radius 1 is 0.889 bits per heavy atom. The van der Waals surface area contributed by atoms with Crippen LogP contribution >= 0.6 is 0 Å². The summed E-state index contributed by atoms with van der Waals surface area (Å²) in [6.07, 6.45) is 4.73. The number of urea groups is 1. The molecule has 7 nitrogen and oxygen atoms in total. The number of fused-ring (bicyclic) bond motifs is 1. The lowest BCUT2D eigenvalue weighted by Crippen LogP contribution is -2.51. The van der Waals surface area contributed by atoms with Gasteiger partial charge in [0.15, 0.2) is 0 Å². The zero-order chi connectivity index (χ0) is 25.2. The van der Waals surface area contributed by atoms with E-state index in [1.165, 1.54) is 4.90 Å². The Balaban J connectivity index is 1.17. The number of carbonyl (C=O) groups is 3. The van der Waals surface area contributed by atoms with Crippen molar-refractivity contribution in [3.05, 3.63) is 65.7 Å². The number of imide groups is 1. The van der Waals surface area contributed by atoms with Crippen LogP contribution in [0.4, 0.5) is 10.5 Å². The van der Waals surface area contributed by atoms with Gasteiger partial charge in [-0.15, -0.1) is 0 Å². The number of rotatable bonds is 8. The van der Waals surface area contributed by atoms with E-state index in [-0.39, 0.29) is 36.0 Å². The Labute approximate surface area is 213 Å². The topological polar surface area (TPSA) is 64.2 Å². The van der Waals surface area contributed by atoms with Gasteiger partial charge in [0.1, 0.15) is 0 Å². The van der Waals surface area contributed by atoms with Gasteiger partial charge < -0.3 is 9.80 Å². The van der Waals surface area contributed by atoms with E-state index in [0.29, 0.717) is 17.7 Å². The maximum atomic E-state index is 13.5. The van der Waals surface area contributed by atoms with Crippen LogP contribution in [-0.2, 0) is 0 Å². The van der Waals surface area contributed by atoms with Crippen LogP contribution in [0.25, 0.3) is 0 Å². The first-order valence-corrected chi connectivity index (χ1v) is 13.3. The summed E-state index contributed by atoms with van der Waals surface area (Å²) in [5.74, 6) is -0.363. The average Bonchev–Trinajstić information content (AvgIpc) is 3.36. The first-order valence-electron chi connectivity index (χ1n) is 13.3. The first kappa shape index (κ1) is 24.5. The SMILES string of the molecule is CCCC1CN(c2ccccc2)C(=O)N1C1CCN(C(C)CCN2C(=O)c3ccccc3C2=O)CC1. The molecule has 0 bridgehead atoms. The molecule has 2 aromatic rings. The summed E-state index contributed by atoms with van der Waals surface area (Å²) in [6, 6.07) is 18.0. The number of piperidine rings is 1. The average molecular weight is 489 g/mol. The number of carbonyl (C=O) groups excluding carboxylic acids is 3. The summed E-state index contributed by atoms with van der Waals surface area (Å²) in [5, 5.41) is 0. The Morgan fingerprint density at radius 2 is 1.50 bits per heavy atom. The highest BCUT2D eigenvalue weighted by Crippen LogP contribution is 2.31. The van der Waals surface area contributed by atoms with Gasteiger partial charge in [0.05, 0.1) is 17.2 Å². The molecule has 4 amide bonds. The number of anilines is 1. The smallest absolute Gasteiger partial charge is 0.316 e. The third kappa shape index (κ3) is 4.52. The van der Waals surface area contributed by atoms with Crippen LogP contribution in [0.1, 0.15) is 66.7 Å². The Bertz CT molecular complexity index is 1080. The second-order valence-corrected chi connectivity index (χ2v) is 10.3. The monoisotopic (exact) mass is 488 g/mol. The number of likely N-dealkylation sites (tertiary alicyclic amines) is 1. The van der Waals surface area contributed by atoms with Gasteiger partial charge in [0.2, 0.25) is 0 Å². The number of nitrogens with zero attached hydrogens (tertiary/aromatic N) is 4. The number of amides is 4. The predicted molar refractivity (Wildman–Crippen MR) is 140 cm³/mol. The van der Waals surface area contributed by atoms with Crippen molar-refractivity contribution >= 4 is 23.5 Å². The van der Waals surface area contributed by atoms with Crippen molar-refractivity contribution in [3.8, 4) is 0 Å². The van der Waals surface area contributed by atoms with Gasteiger partial charge in [-0.3, -0.25) is 19.4 Å². The van der Waals surface area contributed by atoms with Gasteiger partial charge >= 0.3 is 6.03 Å². The Hall–Kier alpha value is -3.19. The molecule has 0 radical (unpaired) electrons. The molecule has 2 fully saturated rings. The second-order valence-electron chi connectivity index (χ2n) is 10.3. The lowest BCUT2D eigenvalue weighted by Gasteiger charge is -2.41. The van der Waals surface area contributed by atoms with Crippen LogP contribution < -0.4 is 4.90 Å². The molecule has 0 spiro atoms. The molecule has 2 atom stereocenters. The highest BCUT2D eigenvalue weighted by atomic mass is 16.2. The van der Waals surface area contributed by atoms with Crippen LogP contribution in [0.2, 0.25) is 0 Å². The third-order valence-corrected chi connectivity index (χ3v) is 8.09. The van der Waals surface area contributed by atoms with E-state index in [4.69, 9.17) is 0 Å². The Kier molecular flexibility index (Phi) is 7.10. The molecule has 0 saturated carbocycles. The molecule has 0 aliphatic carbocycles. The zero-order valence-corrected chi connectivity index (χ0v) is 21.3. The highest BCUT2D eigenvalue weighted by molar-refractivity contribution is 6.21. The van der Waals surface area contributed by atoms with Gasteiger partial charge in [-0.05, 0) is 56.9 Å². The van der Waals surface area contributed by atoms with Crippen molar-refractivity contribution in [1.82, 2.24) is 14.7 Å². The summed E-state index contributed by atoms with van der Waals surface area (Å²) in [5.41, 5.74) is 2.00. The fourth-order valence-corrected chi connectivity index (χ4v) is 6.06. The van der Waals surface area contributed by atoms with E-state index >= 15 is 0 Å². The first-order chi connectivity index (χ1) is 17.5. The van der Waals surface area contributed by atoms with Crippen molar-refractivity contribution in [1.29, 1.82) is 0 Å². The van der Waals surface area contributed by atoms with Crippen molar-refractivity contribution in [2.24, 2.45) is 0 Å². The molecule has 0 aromatic heterocycles. The summed E-state index contributed by atoms with van der Waals surface area (Å²) in [6.45, 7) is 7.39. The minimum absolute atomic E-state index is 0.136. The Morgan fingerprint density at radius 3 is 2.11 bits per heavy atom. The fraction of sp³-hybridized carbons (Fsp3) is 0.483. The van der Waals surface area contributed by atoms with Crippen LogP contribution in [0.15, 0.2) is 54.6 Å². The van der Waals surface area contributed by atoms with E-state index in [2.05, 4.69) is 23.6 Å². The van der Waals surface area contributed by atoms with Crippen LogP contribution in [0.3, 0.4) is 0 Å². The largest absolute Gasteiger partial charge is 0.325 e. The molecule has 0 N–H and O–H groups in total. The number of para-hydroxylation sites is 1.